The Bertz CT molecular complexity index is 408. The highest BCUT2D eigenvalue weighted by Gasteiger charge is 2.31. The third-order valence-corrected chi connectivity index (χ3v) is 4.56. The molecule has 1 aliphatic rings. The van der Waals surface area contributed by atoms with Crippen molar-refractivity contribution in [1.29, 1.82) is 0 Å². The summed E-state index contributed by atoms with van der Waals surface area (Å²) in [6.45, 7) is 13.3. The monoisotopic (exact) mass is 325 g/mol. The van der Waals surface area contributed by atoms with Crippen LogP contribution in [-0.2, 0) is 4.79 Å². The Kier molecular flexibility index (Phi) is 7.82. The van der Waals surface area contributed by atoms with Gasteiger partial charge in [0.15, 0.2) is 5.96 Å². The molecule has 6 heteroatoms. The molecule has 134 valence electrons. The lowest BCUT2D eigenvalue weighted by atomic mass is 10.1. The highest BCUT2D eigenvalue weighted by Crippen LogP contribution is 2.18. The zero-order valence-electron chi connectivity index (χ0n) is 15.9. The number of rotatable bonds is 6. The maximum atomic E-state index is 11.8. The van der Waals surface area contributed by atoms with Crippen LogP contribution < -0.4 is 10.6 Å². The van der Waals surface area contributed by atoms with Crippen molar-refractivity contribution in [2.24, 2.45) is 10.9 Å². The number of likely N-dealkylation sites (tertiary alicyclic amines) is 1. The Labute approximate surface area is 141 Å². The Morgan fingerprint density at radius 3 is 2.43 bits per heavy atom. The highest BCUT2D eigenvalue weighted by molar-refractivity contribution is 5.85. The summed E-state index contributed by atoms with van der Waals surface area (Å²) in [5, 5.41) is 6.94. The van der Waals surface area contributed by atoms with Crippen molar-refractivity contribution in [1.82, 2.24) is 20.4 Å². The second-order valence-corrected chi connectivity index (χ2v) is 7.18. The van der Waals surface area contributed by atoms with Crippen LogP contribution in [0.2, 0.25) is 0 Å². The average Bonchev–Trinajstić information content (AvgIpc) is 2.85. The summed E-state index contributed by atoms with van der Waals surface area (Å²) in [6, 6.07) is 1.25. The molecule has 3 atom stereocenters. The van der Waals surface area contributed by atoms with E-state index < -0.39 is 0 Å². The molecule has 1 amide bonds. The lowest BCUT2D eigenvalue weighted by molar-refractivity contribution is -0.127. The molecule has 0 aromatic heterocycles. The number of hydrogen-bond donors (Lipinski definition) is 2. The van der Waals surface area contributed by atoms with Gasteiger partial charge < -0.3 is 15.5 Å². The summed E-state index contributed by atoms with van der Waals surface area (Å²) < 4.78 is 0. The summed E-state index contributed by atoms with van der Waals surface area (Å²) in [5.41, 5.74) is 0. The first-order chi connectivity index (χ1) is 10.7. The van der Waals surface area contributed by atoms with Gasteiger partial charge in [0, 0.05) is 45.3 Å². The van der Waals surface area contributed by atoms with Gasteiger partial charge >= 0.3 is 0 Å². The maximum absolute atomic E-state index is 11.8. The van der Waals surface area contributed by atoms with Crippen LogP contribution >= 0.6 is 0 Å². The van der Waals surface area contributed by atoms with E-state index in [2.05, 4.69) is 55.1 Å². The molecule has 2 N–H and O–H groups in total. The molecule has 23 heavy (non-hydrogen) atoms. The second kappa shape index (κ2) is 9.11. The van der Waals surface area contributed by atoms with Gasteiger partial charge in [0.25, 0.3) is 0 Å². The van der Waals surface area contributed by atoms with Crippen molar-refractivity contribution in [3.63, 3.8) is 0 Å². The highest BCUT2D eigenvalue weighted by atomic mass is 16.2. The number of nitrogens with one attached hydrogen (secondary N) is 2. The van der Waals surface area contributed by atoms with Crippen molar-refractivity contribution < 1.29 is 4.79 Å². The maximum Gasteiger partial charge on any atom is 0.243 e. The van der Waals surface area contributed by atoms with E-state index in [1.165, 1.54) is 0 Å². The minimum atomic E-state index is 0.0125. The van der Waals surface area contributed by atoms with E-state index in [4.69, 9.17) is 0 Å². The fourth-order valence-corrected chi connectivity index (χ4v) is 2.55. The van der Waals surface area contributed by atoms with Crippen molar-refractivity contribution in [3.05, 3.63) is 0 Å². The molecule has 3 unspecified atom stereocenters. The third kappa shape index (κ3) is 6.37. The average molecular weight is 326 g/mol. The van der Waals surface area contributed by atoms with Gasteiger partial charge in [0.1, 0.15) is 6.54 Å². The summed E-state index contributed by atoms with van der Waals surface area (Å²) in [6.07, 6.45) is 1.01. The first-order valence-electron chi connectivity index (χ1n) is 8.76. The molecule has 1 aliphatic heterocycles. The van der Waals surface area contributed by atoms with Gasteiger partial charge in [-0.25, -0.2) is 4.99 Å². The minimum Gasteiger partial charge on any atom is -0.354 e. The van der Waals surface area contributed by atoms with Gasteiger partial charge in [0.05, 0.1) is 0 Å². The number of carbonyl (C=O) groups excluding carboxylic acids is 1. The second-order valence-electron chi connectivity index (χ2n) is 7.18. The van der Waals surface area contributed by atoms with Crippen LogP contribution in [0.3, 0.4) is 0 Å². The van der Waals surface area contributed by atoms with Gasteiger partial charge in [-0.2, -0.15) is 0 Å². The van der Waals surface area contributed by atoms with Crippen LogP contribution in [0.1, 0.15) is 41.0 Å². The molecule has 0 aromatic carbocycles. The molecule has 0 aromatic rings. The van der Waals surface area contributed by atoms with E-state index in [0.717, 1.165) is 25.5 Å². The lowest BCUT2D eigenvalue weighted by Crippen LogP contribution is -2.49. The molecule has 6 nitrogen and oxygen atoms in total. The molecule has 0 saturated carbocycles. The lowest BCUT2D eigenvalue weighted by Gasteiger charge is -2.24. The smallest absolute Gasteiger partial charge is 0.243 e. The van der Waals surface area contributed by atoms with Crippen LogP contribution in [0.25, 0.3) is 0 Å². The van der Waals surface area contributed by atoms with Gasteiger partial charge in [0.2, 0.25) is 5.91 Å². The standard InChI is InChI=1S/C17H35N5O/c1-8-14(5)19-17(18-9-16(23)21(6)7)20-15-11-22(12(2)3)10-13(15)4/h12-15H,8-11H2,1-7H3,(H2,18,19,20). The van der Waals surface area contributed by atoms with Crippen molar-refractivity contribution in [2.75, 3.05) is 33.7 Å². The number of hydrogen-bond acceptors (Lipinski definition) is 3. The van der Waals surface area contributed by atoms with Crippen LogP contribution in [0.4, 0.5) is 0 Å². The fraction of sp³-hybridized carbons (Fsp3) is 0.882. The number of guanidine groups is 1. The summed E-state index contributed by atoms with van der Waals surface area (Å²) in [7, 11) is 3.51. The SMILES string of the molecule is CCC(C)NC(=NCC(=O)N(C)C)NC1CN(C(C)C)CC1C. The fourth-order valence-electron chi connectivity index (χ4n) is 2.55. The molecule has 1 rings (SSSR count). The summed E-state index contributed by atoms with van der Waals surface area (Å²) in [4.78, 5) is 20.3. The first-order valence-corrected chi connectivity index (χ1v) is 8.76. The van der Waals surface area contributed by atoms with E-state index in [1.807, 2.05) is 0 Å². The van der Waals surface area contributed by atoms with Crippen LogP contribution in [0.15, 0.2) is 4.99 Å². The predicted molar refractivity (Wildman–Crippen MR) is 96.7 cm³/mol. The minimum absolute atomic E-state index is 0.0125. The van der Waals surface area contributed by atoms with Gasteiger partial charge in [-0.1, -0.05) is 13.8 Å². The normalized spacial score (nSPS) is 23.9. The van der Waals surface area contributed by atoms with E-state index in [0.29, 0.717) is 24.0 Å². The molecular weight excluding hydrogens is 290 g/mol. The van der Waals surface area contributed by atoms with Crippen molar-refractivity contribution in [3.8, 4) is 0 Å². The molecule has 1 heterocycles. The van der Waals surface area contributed by atoms with E-state index >= 15 is 0 Å². The Morgan fingerprint density at radius 2 is 1.96 bits per heavy atom. The first kappa shape index (κ1) is 19.7. The zero-order valence-corrected chi connectivity index (χ0v) is 15.9. The number of likely N-dealkylation sites (N-methyl/N-ethyl adjacent to an activating group) is 1. The Morgan fingerprint density at radius 1 is 1.30 bits per heavy atom. The zero-order chi connectivity index (χ0) is 17.6. The molecule has 0 bridgehead atoms. The van der Waals surface area contributed by atoms with Crippen molar-refractivity contribution >= 4 is 11.9 Å². The number of amides is 1. The van der Waals surface area contributed by atoms with Gasteiger partial charge in [-0.15, -0.1) is 0 Å². The molecule has 1 fully saturated rings. The van der Waals surface area contributed by atoms with Crippen LogP contribution in [0.5, 0.6) is 0 Å². The van der Waals surface area contributed by atoms with E-state index in [1.54, 1.807) is 19.0 Å². The number of aliphatic imine (C=N–C) groups is 1. The van der Waals surface area contributed by atoms with Gasteiger partial charge in [-0.05, 0) is 33.1 Å². The molecule has 0 aliphatic carbocycles. The molecule has 0 spiro atoms. The topological polar surface area (TPSA) is 60.0 Å². The third-order valence-electron chi connectivity index (χ3n) is 4.56. The predicted octanol–water partition coefficient (Wildman–Crippen LogP) is 1.14. The quantitative estimate of drug-likeness (QED) is 0.568. The Hall–Kier alpha value is -1.30. The van der Waals surface area contributed by atoms with Crippen LogP contribution in [0, 0.1) is 5.92 Å². The van der Waals surface area contributed by atoms with Gasteiger partial charge in [-0.3, -0.25) is 9.69 Å². The largest absolute Gasteiger partial charge is 0.354 e. The number of carbonyl (C=O) groups is 1. The van der Waals surface area contributed by atoms with E-state index in [9.17, 15) is 4.79 Å². The van der Waals surface area contributed by atoms with E-state index in [-0.39, 0.29) is 12.5 Å². The summed E-state index contributed by atoms with van der Waals surface area (Å²) >= 11 is 0. The number of nitrogens with zero attached hydrogens (tertiary/aromatic N) is 3. The molecule has 1 saturated heterocycles. The Balaban J connectivity index is 2.72. The van der Waals surface area contributed by atoms with Crippen LogP contribution in [-0.4, -0.2) is 73.5 Å². The molecular formula is C17H35N5O. The molecule has 0 radical (unpaired) electrons. The summed E-state index contributed by atoms with van der Waals surface area (Å²) in [5.74, 6) is 1.32. The van der Waals surface area contributed by atoms with Crippen molar-refractivity contribution in [2.45, 2.75) is 59.2 Å².